The summed E-state index contributed by atoms with van der Waals surface area (Å²) in [6.07, 6.45) is 0. The van der Waals surface area contributed by atoms with Crippen LogP contribution >= 0.6 is 15.9 Å². The maximum absolute atomic E-state index is 13.7. The topological polar surface area (TPSA) is 49.4 Å². The quantitative estimate of drug-likeness (QED) is 0.498. The molecule has 0 aromatic heterocycles. The Morgan fingerprint density at radius 3 is 2.32 bits per heavy atom. The van der Waals surface area contributed by atoms with Gasteiger partial charge in [-0.15, -0.1) is 0 Å². The fourth-order valence-corrected chi connectivity index (χ4v) is 4.32. The van der Waals surface area contributed by atoms with E-state index in [1.54, 1.807) is 4.90 Å². The molecule has 1 N–H and O–H groups in total. The zero-order valence-corrected chi connectivity index (χ0v) is 19.4. The van der Waals surface area contributed by atoms with Crippen molar-refractivity contribution in [3.05, 3.63) is 99.5 Å². The standard InChI is InChI=1S/C26H25BrN2O2/c1-26(2,3)19-11-9-18(10-12-19)25(31)29-16-23(30)28-22-14-13-20(27)15-21(22)24(29)17-7-5-4-6-8-17/h4-15,24H,16H2,1-3H3,(H,28,30). The van der Waals surface area contributed by atoms with Crippen LogP contribution in [0, 0.1) is 0 Å². The van der Waals surface area contributed by atoms with E-state index < -0.39 is 0 Å². The van der Waals surface area contributed by atoms with Crippen molar-refractivity contribution in [1.29, 1.82) is 0 Å². The Balaban J connectivity index is 1.82. The van der Waals surface area contributed by atoms with Crippen molar-refractivity contribution < 1.29 is 9.59 Å². The van der Waals surface area contributed by atoms with E-state index in [0.29, 0.717) is 5.56 Å². The third-order valence-electron chi connectivity index (χ3n) is 5.58. The molecule has 2 amide bonds. The lowest BCUT2D eigenvalue weighted by atomic mass is 9.86. The Hall–Kier alpha value is -2.92. The second-order valence-electron chi connectivity index (χ2n) is 8.85. The van der Waals surface area contributed by atoms with Crippen molar-refractivity contribution in [1.82, 2.24) is 4.90 Å². The van der Waals surface area contributed by atoms with E-state index in [1.165, 1.54) is 0 Å². The maximum Gasteiger partial charge on any atom is 0.255 e. The average molecular weight is 477 g/mol. The average Bonchev–Trinajstić information content (AvgIpc) is 2.89. The number of carbonyl (C=O) groups is 2. The number of fused-ring (bicyclic) bond motifs is 1. The van der Waals surface area contributed by atoms with Gasteiger partial charge in [-0.3, -0.25) is 9.59 Å². The third-order valence-corrected chi connectivity index (χ3v) is 6.08. The molecule has 3 aromatic carbocycles. The molecule has 158 valence electrons. The minimum Gasteiger partial charge on any atom is -0.324 e. The largest absolute Gasteiger partial charge is 0.324 e. The number of rotatable bonds is 2. The number of nitrogens with zero attached hydrogens (tertiary/aromatic N) is 1. The van der Waals surface area contributed by atoms with Gasteiger partial charge in [-0.05, 0) is 46.9 Å². The molecule has 1 aliphatic rings. The summed E-state index contributed by atoms with van der Waals surface area (Å²) in [5.41, 5.74) is 4.29. The van der Waals surface area contributed by atoms with Crippen LogP contribution in [-0.4, -0.2) is 23.3 Å². The molecule has 1 heterocycles. The fraction of sp³-hybridized carbons (Fsp3) is 0.231. The number of anilines is 1. The molecule has 0 bridgehead atoms. The highest BCUT2D eigenvalue weighted by atomic mass is 79.9. The van der Waals surface area contributed by atoms with Crippen LogP contribution in [0.3, 0.4) is 0 Å². The number of hydrogen-bond acceptors (Lipinski definition) is 2. The summed E-state index contributed by atoms with van der Waals surface area (Å²) >= 11 is 3.54. The number of benzene rings is 3. The molecule has 0 saturated heterocycles. The summed E-state index contributed by atoms with van der Waals surface area (Å²) in [6, 6.07) is 22.9. The van der Waals surface area contributed by atoms with Crippen LogP contribution < -0.4 is 5.32 Å². The summed E-state index contributed by atoms with van der Waals surface area (Å²) < 4.78 is 0.894. The molecule has 31 heavy (non-hydrogen) atoms. The molecule has 5 heteroatoms. The van der Waals surface area contributed by atoms with Gasteiger partial charge in [0.1, 0.15) is 6.54 Å². The van der Waals surface area contributed by atoms with Crippen molar-refractivity contribution >= 4 is 33.4 Å². The van der Waals surface area contributed by atoms with E-state index in [-0.39, 0.29) is 29.8 Å². The van der Waals surface area contributed by atoms with E-state index >= 15 is 0 Å². The Kier molecular flexibility index (Phi) is 5.71. The third kappa shape index (κ3) is 4.42. The minimum absolute atomic E-state index is 0.00184. The van der Waals surface area contributed by atoms with Gasteiger partial charge in [-0.1, -0.05) is 79.2 Å². The second kappa shape index (κ2) is 8.31. The van der Waals surface area contributed by atoms with Gasteiger partial charge in [-0.2, -0.15) is 0 Å². The van der Waals surface area contributed by atoms with Gasteiger partial charge in [0.2, 0.25) is 5.91 Å². The van der Waals surface area contributed by atoms with Crippen LogP contribution in [0.1, 0.15) is 53.9 Å². The molecule has 0 aliphatic carbocycles. The first-order valence-electron chi connectivity index (χ1n) is 10.3. The second-order valence-corrected chi connectivity index (χ2v) is 9.77. The first-order chi connectivity index (χ1) is 14.7. The van der Waals surface area contributed by atoms with E-state index in [9.17, 15) is 9.59 Å². The molecule has 0 spiro atoms. The molecule has 1 atom stereocenters. The molecule has 0 fully saturated rings. The lowest BCUT2D eigenvalue weighted by Gasteiger charge is -2.31. The predicted octanol–water partition coefficient (Wildman–Crippen LogP) is 5.93. The van der Waals surface area contributed by atoms with E-state index in [2.05, 4.69) is 42.0 Å². The Bertz CT molecular complexity index is 1120. The molecular weight excluding hydrogens is 452 g/mol. The van der Waals surface area contributed by atoms with Gasteiger partial charge in [0.15, 0.2) is 0 Å². The Morgan fingerprint density at radius 1 is 1.00 bits per heavy atom. The van der Waals surface area contributed by atoms with Gasteiger partial charge < -0.3 is 10.2 Å². The summed E-state index contributed by atoms with van der Waals surface area (Å²) in [4.78, 5) is 28.1. The highest BCUT2D eigenvalue weighted by Gasteiger charge is 2.34. The van der Waals surface area contributed by atoms with Crippen molar-refractivity contribution in [2.45, 2.75) is 32.2 Å². The number of hydrogen-bond donors (Lipinski definition) is 1. The summed E-state index contributed by atoms with van der Waals surface area (Å²) in [6.45, 7) is 6.40. The molecule has 0 saturated carbocycles. The van der Waals surface area contributed by atoms with Crippen molar-refractivity contribution in [3.8, 4) is 0 Å². The van der Waals surface area contributed by atoms with Gasteiger partial charge in [-0.25, -0.2) is 0 Å². The van der Waals surface area contributed by atoms with Crippen LogP contribution in [0.4, 0.5) is 5.69 Å². The zero-order valence-electron chi connectivity index (χ0n) is 17.9. The molecular formula is C26H25BrN2O2. The minimum atomic E-state index is -0.387. The highest BCUT2D eigenvalue weighted by Crippen LogP contribution is 2.38. The van der Waals surface area contributed by atoms with E-state index in [0.717, 1.165) is 26.9 Å². The van der Waals surface area contributed by atoms with Crippen LogP contribution in [-0.2, 0) is 10.2 Å². The van der Waals surface area contributed by atoms with Crippen LogP contribution in [0.2, 0.25) is 0 Å². The molecule has 0 radical (unpaired) electrons. The van der Waals surface area contributed by atoms with Crippen molar-refractivity contribution in [3.63, 3.8) is 0 Å². The summed E-state index contributed by atoms with van der Waals surface area (Å²) in [5, 5.41) is 2.96. The van der Waals surface area contributed by atoms with Gasteiger partial charge >= 0.3 is 0 Å². The Morgan fingerprint density at radius 2 is 1.68 bits per heavy atom. The monoisotopic (exact) mass is 476 g/mol. The molecule has 1 aliphatic heterocycles. The number of amides is 2. The first kappa shape index (κ1) is 21.3. The predicted molar refractivity (Wildman–Crippen MR) is 127 cm³/mol. The van der Waals surface area contributed by atoms with E-state index in [4.69, 9.17) is 0 Å². The smallest absolute Gasteiger partial charge is 0.255 e. The summed E-state index contributed by atoms with van der Waals surface area (Å²) in [5.74, 6) is -0.376. The molecule has 3 aromatic rings. The SMILES string of the molecule is CC(C)(C)c1ccc(C(=O)N2CC(=O)Nc3ccc(Br)cc3C2c2ccccc2)cc1. The van der Waals surface area contributed by atoms with Gasteiger partial charge in [0.25, 0.3) is 5.91 Å². The summed E-state index contributed by atoms with van der Waals surface area (Å²) in [7, 11) is 0. The normalized spacial score (nSPS) is 16.3. The van der Waals surface area contributed by atoms with Gasteiger partial charge in [0.05, 0.1) is 6.04 Å². The zero-order chi connectivity index (χ0) is 22.2. The number of carbonyl (C=O) groups excluding carboxylic acids is 2. The lowest BCUT2D eigenvalue weighted by Crippen LogP contribution is -2.39. The van der Waals surface area contributed by atoms with Crippen LogP contribution in [0.5, 0.6) is 0 Å². The van der Waals surface area contributed by atoms with Crippen LogP contribution in [0.25, 0.3) is 0 Å². The molecule has 1 unspecified atom stereocenters. The van der Waals surface area contributed by atoms with Crippen molar-refractivity contribution in [2.24, 2.45) is 0 Å². The molecule has 4 rings (SSSR count). The van der Waals surface area contributed by atoms with Crippen molar-refractivity contribution in [2.75, 3.05) is 11.9 Å². The van der Waals surface area contributed by atoms with E-state index in [1.807, 2.05) is 72.8 Å². The number of nitrogens with one attached hydrogen (secondary N) is 1. The van der Waals surface area contributed by atoms with Crippen LogP contribution in [0.15, 0.2) is 77.3 Å². The lowest BCUT2D eigenvalue weighted by molar-refractivity contribution is -0.117. The Labute approximate surface area is 191 Å². The number of halogens is 1. The van der Waals surface area contributed by atoms with Gasteiger partial charge in [0, 0.05) is 21.3 Å². The maximum atomic E-state index is 13.7. The highest BCUT2D eigenvalue weighted by molar-refractivity contribution is 9.10. The fourth-order valence-electron chi connectivity index (χ4n) is 3.94. The first-order valence-corrected chi connectivity index (χ1v) is 11.1. The molecule has 4 nitrogen and oxygen atoms in total.